The van der Waals surface area contributed by atoms with Crippen molar-refractivity contribution in [2.75, 3.05) is 5.32 Å². The van der Waals surface area contributed by atoms with Gasteiger partial charge in [0.2, 0.25) is 5.91 Å². The summed E-state index contributed by atoms with van der Waals surface area (Å²) in [7, 11) is 0. The minimum atomic E-state index is -4.70. The molecule has 0 aromatic heterocycles. The Bertz CT molecular complexity index is 488. The first-order chi connectivity index (χ1) is 8.20. The van der Waals surface area contributed by atoms with Gasteiger partial charge in [-0.2, -0.15) is 13.2 Å². The third-order valence-corrected chi connectivity index (χ3v) is 2.11. The number of carbonyl (C=O) groups excluding carboxylic acids is 1. The second kappa shape index (κ2) is 5.26. The van der Waals surface area contributed by atoms with Gasteiger partial charge in [0.05, 0.1) is 11.3 Å². The molecule has 0 fully saturated rings. The van der Waals surface area contributed by atoms with E-state index in [1.807, 2.05) is 5.32 Å². The van der Waals surface area contributed by atoms with Gasteiger partial charge in [0.25, 0.3) is 0 Å². The second-order valence-electron chi connectivity index (χ2n) is 3.31. The molecular formula is C10H7ClF3NO3. The van der Waals surface area contributed by atoms with Crippen LogP contribution in [0.15, 0.2) is 18.2 Å². The number of rotatable bonds is 3. The van der Waals surface area contributed by atoms with Crippen molar-refractivity contribution in [2.24, 2.45) is 0 Å². The van der Waals surface area contributed by atoms with Crippen LogP contribution >= 0.6 is 11.6 Å². The number of hydrogen-bond acceptors (Lipinski definition) is 2. The largest absolute Gasteiger partial charge is 0.481 e. The van der Waals surface area contributed by atoms with Gasteiger partial charge < -0.3 is 10.4 Å². The van der Waals surface area contributed by atoms with Gasteiger partial charge in [-0.25, -0.2) is 0 Å². The summed E-state index contributed by atoms with van der Waals surface area (Å²) in [5, 5.41) is 10.1. The molecule has 1 rings (SSSR count). The van der Waals surface area contributed by atoms with Crippen molar-refractivity contribution >= 4 is 29.2 Å². The Labute approximate surface area is 104 Å². The SMILES string of the molecule is O=C(O)CC(=O)Nc1ccc(Cl)cc1C(F)(F)F. The van der Waals surface area contributed by atoms with Crippen molar-refractivity contribution < 1.29 is 27.9 Å². The average Bonchev–Trinajstić information content (AvgIpc) is 2.17. The first-order valence-corrected chi connectivity index (χ1v) is 4.96. The molecule has 2 N–H and O–H groups in total. The maximum atomic E-state index is 12.6. The van der Waals surface area contributed by atoms with E-state index in [-0.39, 0.29) is 5.02 Å². The monoisotopic (exact) mass is 281 g/mol. The number of aliphatic carboxylic acids is 1. The molecule has 18 heavy (non-hydrogen) atoms. The summed E-state index contributed by atoms with van der Waals surface area (Å²) in [6, 6.07) is 2.77. The lowest BCUT2D eigenvalue weighted by Crippen LogP contribution is -2.19. The highest BCUT2D eigenvalue weighted by molar-refractivity contribution is 6.30. The van der Waals surface area contributed by atoms with Crippen LogP contribution in [0.4, 0.5) is 18.9 Å². The van der Waals surface area contributed by atoms with Crippen molar-refractivity contribution in [3.8, 4) is 0 Å². The zero-order valence-corrected chi connectivity index (χ0v) is 9.47. The quantitative estimate of drug-likeness (QED) is 0.837. The molecule has 4 nitrogen and oxygen atoms in total. The summed E-state index contributed by atoms with van der Waals surface area (Å²) < 4.78 is 37.8. The van der Waals surface area contributed by atoms with Gasteiger partial charge in [0.15, 0.2) is 0 Å². The van der Waals surface area contributed by atoms with Crippen molar-refractivity contribution in [3.05, 3.63) is 28.8 Å². The van der Waals surface area contributed by atoms with Crippen molar-refractivity contribution in [2.45, 2.75) is 12.6 Å². The van der Waals surface area contributed by atoms with Crippen LogP contribution in [0.3, 0.4) is 0 Å². The van der Waals surface area contributed by atoms with E-state index in [1.54, 1.807) is 0 Å². The summed E-state index contributed by atoms with van der Waals surface area (Å²) in [6.45, 7) is 0. The molecule has 1 amide bonds. The molecule has 0 bridgehead atoms. The fraction of sp³-hybridized carbons (Fsp3) is 0.200. The Kier molecular flexibility index (Phi) is 4.18. The standard InChI is InChI=1S/C10H7ClF3NO3/c11-5-1-2-7(6(3-5)10(12,13)14)15-8(16)4-9(17)18/h1-3H,4H2,(H,15,16)(H,17,18). The smallest absolute Gasteiger partial charge is 0.418 e. The van der Waals surface area contributed by atoms with Crippen LogP contribution in [-0.4, -0.2) is 17.0 Å². The molecule has 0 unspecified atom stereocenters. The summed E-state index contributed by atoms with van der Waals surface area (Å²) in [5.74, 6) is -2.48. The molecule has 0 aliphatic carbocycles. The number of hydrogen-bond donors (Lipinski definition) is 2. The first-order valence-electron chi connectivity index (χ1n) is 4.58. The molecule has 0 saturated heterocycles. The average molecular weight is 282 g/mol. The number of halogens is 4. The number of carbonyl (C=O) groups is 2. The molecule has 0 aliphatic heterocycles. The van der Waals surface area contributed by atoms with Gasteiger partial charge in [-0.15, -0.1) is 0 Å². The highest BCUT2D eigenvalue weighted by atomic mass is 35.5. The topological polar surface area (TPSA) is 66.4 Å². The fourth-order valence-electron chi connectivity index (χ4n) is 1.19. The van der Waals surface area contributed by atoms with Crippen LogP contribution in [0.25, 0.3) is 0 Å². The molecule has 0 heterocycles. The molecule has 0 aliphatic rings. The Morgan fingerprint density at radius 2 is 1.94 bits per heavy atom. The van der Waals surface area contributed by atoms with Crippen LogP contribution in [0.1, 0.15) is 12.0 Å². The van der Waals surface area contributed by atoms with E-state index in [0.717, 1.165) is 12.1 Å². The Morgan fingerprint density at radius 1 is 1.33 bits per heavy atom. The van der Waals surface area contributed by atoms with Crippen LogP contribution in [0, 0.1) is 0 Å². The normalized spacial score (nSPS) is 11.1. The third kappa shape index (κ3) is 3.92. The molecule has 0 saturated carbocycles. The molecule has 0 atom stereocenters. The minimum Gasteiger partial charge on any atom is -0.481 e. The lowest BCUT2D eigenvalue weighted by Gasteiger charge is -2.13. The highest BCUT2D eigenvalue weighted by Gasteiger charge is 2.34. The zero-order valence-electron chi connectivity index (χ0n) is 8.71. The van der Waals surface area contributed by atoms with Gasteiger partial charge in [0.1, 0.15) is 6.42 Å². The van der Waals surface area contributed by atoms with Crippen molar-refractivity contribution in [1.82, 2.24) is 0 Å². The zero-order chi connectivity index (χ0) is 13.9. The third-order valence-electron chi connectivity index (χ3n) is 1.87. The molecule has 0 spiro atoms. The molecular weight excluding hydrogens is 275 g/mol. The van der Waals surface area contributed by atoms with E-state index in [9.17, 15) is 22.8 Å². The number of carboxylic acids is 1. The van der Waals surface area contributed by atoms with Gasteiger partial charge in [-0.05, 0) is 18.2 Å². The Hall–Kier alpha value is -1.76. The second-order valence-corrected chi connectivity index (χ2v) is 3.74. The Balaban J connectivity index is 3.02. The van der Waals surface area contributed by atoms with E-state index < -0.39 is 35.7 Å². The summed E-state index contributed by atoms with van der Waals surface area (Å²) in [4.78, 5) is 21.3. The van der Waals surface area contributed by atoms with E-state index in [4.69, 9.17) is 16.7 Å². The lowest BCUT2D eigenvalue weighted by atomic mass is 10.1. The number of anilines is 1. The van der Waals surface area contributed by atoms with Crippen LogP contribution in [0.5, 0.6) is 0 Å². The number of benzene rings is 1. The first kappa shape index (κ1) is 14.3. The van der Waals surface area contributed by atoms with E-state index in [0.29, 0.717) is 6.07 Å². The van der Waals surface area contributed by atoms with Crippen molar-refractivity contribution in [1.29, 1.82) is 0 Å². The summed E-state index contributed by atoms with van der Waals surface area (Å²) in [6.07, 6.45) is -5.61. The van der Waals surface area contributed by atoms with Gasteiger partial charge in [0, 0.05) is 5.02 Å². The molecule has 1 aromatic rings. The summed E-state index contributed by atoms with van der Waals surface area (Å²) >= 11 is 5.44. The molecule has 1 aromatic carbocycles. The molecule has 98 valence electrons. The molecule has 8 heteroatoms. The lowest BCUT2D eigenvalue weighted by molar-refractivity contribution is -0.139. The van der Waals surface area contributed by atoms with Gasteiger partial charge in [-0.1, -0.05) is 11.6 Å². The van der Waals surface area contributed by atoms with Gasteiger partial charge in [-0.3, -0.25) is 9.59 Å². The van der Waals surface area contributed by atoms with E-state index in [1.165, 1.54) is 0 Å². The number of amides is 1. The Morgan fingerprint density at radius 3 is 2.44 bits per heavy atom. The van der Waals surface area contributed by atoms with Crippen LogP contribution < -0.4 is 5.32 Å². The van der Waals surface area contributed by atoms with E-state index >= 15 is 0 Å². The maximum absolute atomic E-state index is 12.6. The van der Waals surface area contributed by atoms with Crippen LogP contribution in [0.2, 0.25) is 5.02 Å². The predicted octanol–water partition coefficient (Wildman–Crippen LogP) is 2.77. The minimum absolute atomic E-state index is 0.140. The van der Waals surface area contributed by atoms with Gasteiger partial charge >= 0.3 is 12.1 Å². The highest BCUT2D eigenvalue weighted by Crippen LogP contribution is 2.36. The maximum Gasteiger partial charge on any atom is 0.418 e. The predicted molar refractivity (Wildman–Crippen MR) is 57.3 cm³/mol. The molecule has 0 radical (unpaired) electrons. The number of carboxylic acid groups (broad SMARTS) is 1. The van der Waals surface area contributed by atoms with Crippen molar-refractivity contribution in [3.63, 3.8) is 0 Å². The van der Waals surface area contributed by atoms with E-state index in [2.05, 4.69) is 0 Å². The fourth-order valence-corrected chi connectivity index (χ4v) is 1.36. The van der Waals surface area contributed by atoms with Crippen LogP contribution in [-0.2, 0) is 15.8 Å². The summed E-state index contributed by atoms with van der Waals surface area (Å²) in [5.41, 5.74) is -1.66. The number of alkyl halides is 3. The number of nitrogens with one attached hydrogen (secondary N) is 1.